The Morgan fingerprint density at radius 3 is 2.40 bits per heavy atom. The van der Waals surface area contributed by atoms with Crippen LogP contribution in [0.5, 0.6) is 0 Å². The van der Waals surface area contributed by atoms with Crippen LogP contribution in [-0.4, -0.2) is 41.8 Å². The molecule has 0 aromatic carbocycles. The van der Waals surface area contributed by atoms with Gasteiger partial charge < -0.3 is 20.9 Å². The van der Waals surface area contributed by atoms with Crippen LogP contribution in [-0.2, 0) is 14.3 Å². The molecule has 1 saturated heterocycles. The molecule has 6 heteroatoms. The van der Waals surface area contributed by atoms with Crippen molar-refractivity contribution in [3.8, 4) is 0 Å². The zero-order valence-electron chi connectivity index (χ0n) is 8.66. The number of carboxylic acids is 1. The molecule has 0 aromatic heterocycles. The summed E-state index contributed by atoms with van der Waals surface area (Å²) in [6.07, 6.45) is 0.557. The third kappa shape index (κ3) is 2.66. The third-order valence-electron chi connectivity index (χ3n) is 2.53. The fourth-order valence-corrected chi connectivity index (χ4v) is 1.46. The second-order valence-electron chi connectivity index (χ2n) is 3.78. The first-order chi connectivity index (χ1) is 6.98. The van der Waals surface area contributed by atoms with Gasteiger partial charge in [0.15, 0.2) is 0 Å². The minimum Gasteiger partial charge on any atom is -0.480 e. The molecule has 0 unspecified atom stereocenters. The predicted molar refractivity (Wildman–Crippen MR) is 52.2 cm³/mol. The maximum Gasteiger partial charge on any atom is 0.329 e. The molecule has 6 nitrogen and oxygen atoms in total. The summed E-state index contributed by atoms with van der Waals surface area (Å²) in [4.78, 5) is 22.5. The van der Waals surface area contributed by atoms with Gasteiger partial charge in [-0.2, -0.15) is 0 Å². The average molecular weight is 216 g/mol. The van der Waals surface area contributed by atoms with E-state index in [4.69, 9.17) is 15.6 Å². The van der Waals surface area contributed by atoms with Gasteiger partial charge in [0.2, 0.25) is 5.91 Å². The van der Waals surface area contributed by atoms with Crippen molar-refractivity contribution < 1.29 is 19.4 Å². The molecular formula is C9H16N2O4. The first-order valence-corrected chi connectivity index (χ1v) is 4.87. The van der Waals surface area contributed by atoms with Gasteiger partial charge in [0.05, 0.1) is 6.04 Å². The summed E-state index contributed by atoms with van der Waals surface area (Å²) < 4.78 is 5.07. The fourth-order valence-electron chi connectivity index (χ4n) is 1.46. The minimum atomic E-state index is -1.21. The maximum atomic E-state index is 11.4. The van der Waals surface area contributed by atoms with Gasteiger partial charge in [-0.15, -0.1) is 0 Å². The van der Waals surface area contributed by atoms with Gasteiger partial charge in [-0.05, 0) is 6.92 Å². The van der Waals surface area contributed by atoms with E-state index < -0.39 is 23.5 Å². The number of carbonyl (C=O) groups excluding carboxylic acids is 1. The van der Waals surface area contributed by atoms with E-state index in [1.807, 2.05) is 0 Å². The topological polar surface area (TPSA) is 102 Å². The molecule has 0 bridgehead atoms. The first-order valence-electron chi connectivity index (χ1n) is 4.87. The molecule has 1 rings (SSSR count). The summed E-state index contributed by atoms with van der Waals surface area (Å²) >= 11 is 0. The largest absolute Gasteiger partial charge is 0.480 e. The molecule has 0 saturated carbocycles. The number of ether oxygens (including phenoxy) is 1. The van der Waals surface area contributed by atoms with Crippen LogP contribution in [0.25, 0.3) is 0 Å². The second-order valence-corrected chi connectivity index (χ2v) is 3.78. The highest BCUT2D eigenvalue weighted by Crippen LogP contribution is 2.21. The Bertz CT molecular complexity index is 259. The summed E-state index contributed by atoms with van der Waals surface area (Å²) in [5.74, 6) is -1.47. The second kappa shape index (κ2) is 4.59. The van der Waals surface area contributed by atoms with Crippen molar-refractivity contribution in [2.45, 2.75) is 31.3 Å². The minimum absolute atomic E-state index is 0.279. The lowest BCUT2D eigenvalue weighted by atomic mass is 9.90. The Kier molecular flexibility index (Phi) is 3.65. The molecule has 86 valence electrons. The van der Waals surface area contributed by atoms with Crippen LogP contribution in [0.2, 0.25) is 0 Å². The highest BCUT2D eigenvalue weighted by atomic mass is 16.5. The van der Waals surface area contributed by atoms with Crippen molar-refractivity contribution in [2.24, 2.45) is 5.73 Å². The van der Waals surface area contributed by atoms with Gasteiger partial charge in [0, 0.05) is 26.1 Å². The number of aliphatic carboxylic acids is 1. The van der Waals surface area contributed by atoms with Crippen LogP contribution in [0, 0.1) is 0 Å². The SMILES string of the molecule is C[C@@H](N)C(=O)NC1(C(=O)O)CCOCC1. The van der Waals surface area contributed by atoms with Crippen LogP contribution in [0.15, 0.2) is 0 Å². The Morgan fingerprint density at radius 1 is 1.47 bits per heavy atom. The van der Waals surface area contributed by atoms with Gasteiger partial charge >= 0.3 is 5.97 Å². The van der Waals surface area contributed by atoms with E-state index >= 15 is 0 Å². The van der Waals surface area contributed by atoms with Crippen molar-refractivity contribution in [1.29, 1.82) is 0 Å². The Labute approximate surface area is 87.8 Å². The molecule has 0 aromatic rings. The lowest BCUT2D eigenvalue weighted by molar-refractivity contribution is -0.152. The lowest BCUT2D eigenvalue weighted by Gasteiger charge is -2.34. The molecular weight excluding hydrogens is 200 g/mol. The molecule has 1 heterocycles. The van der Waals surface area contributed by atoms with Gasteiger partial charge in [0.1, 0.15) is 5.54 Å². The van der Waals surface area contributed by atoms with Crippen LogP contribution < -0.4 is 11.1 Å². The standard InChI is InChI=1S/C9H16N2O4/c1-6(10)7(12)11-9(8(13)14)2-4-15-5-3-9/h6H,2-5,10H2,1H3,(H,11,12)(H,13,14)/t6-/m1/s1. The number of hydrogen-bond donors (Lipinski definition) is 3. The number of carboxylic acid groups (broad SMARTS) is 1. The van der Waals surface area contributed by atoms with Crippen LogP contribution in [0.3, 0.4) is 0 Å². The lowest BCUT2D eigenvalue weighted by Crippen LogP contribution is -2.60. The maximum absolute atomic E-state index is 11.4. The summed E-state index contributed by atoms with van der Waals surface area (Å²) in [5.41, 5.74) is 4.17. The molecule has 1 aliphatic rings. The molecule has 0 spiro atoms. The molecule has 1 atom stereocenters. The number of amides is 1. The van der Waals surface area contributed by atoms with E-state index in [1.54, 1.807) is 0 Å². The number of rotatable bonds is 3. The van der Waals surface area contributed by atoms with Crippen molar-refractivity contribution in [3.63, 3.8) is 0 Å². The molecule has 1 aliphatic heterocycles. The van der Waals surface area contributed by atoms with E-state index in [9.17, 15) is 9.59 Å². The first kappa shape index (κ1) is 11.9. The Balaban J connectivity index is 2.73. The molecule has 1 amide bonds. The van der Waals surface area contributed by atoms with Gasteiger partial charge in [-0.1, -0.05) is 0 Å². The molecule has 15 heavy (non-hydrogen) atoms. The van der Waals surface area contributed by atoms with Gasteiger partial charge in [-0.3, -0.25) is 4.79 Å². The Morgan fingerprint density at radius 2 is 2.00 bits per heavy atom. The van der Waals surface area contributed by atoms with Crippen molar-refractivity contribution in [1.82, 2.24) is 5.32 Å². The third-order valence-corrected chi connectivity index (χ3v) is 2.53. The van der Waals surface area contributed by atoms with E-state index in [2.05, 4.69) is 5.32 Å². The fraction of sp³-hybridized carbons (Fsp3) is 0.778. The highest BCUT2D eigenvalue weighted by molar-refractivity contribution is 5.89. The molecule has 0 radical (unpaired) electrons. The van der Waals surface area contributed by atoms with Gasteiger partial charge in [-0.25, -0.2) is 4.79 Å². The van der Waals surface area contributed by atoms with Crippen molar-refractivity contribution >= 4 is 11.9 Å². The van der Waals surface area contributed by atoms with E-state index in [-0.39, 0.29) is 12.8 Å². The Hall–Kier alpha value is -1.14. The number of hydrogen-bond acceptors (Lipinski definition) is 4. The normalized spacial score (nSPS) is 21.7. The number of carbonyl (C=O) groups is 2. The number of nitrogens with two attached hydrogens (primary N) is 1. The predicted octanol–water partition coefficient (Wildman–Crippen LogP) is -0.916. The zero-order chi connectivity index (χ0) is 11.5. The summed E-state index contributed by atoms with van der Waals surface area (Å²) in [7, 11) is 0. The highest BCUT2D eigenvalue weighted by Gasteiger charge is 2.41. The summed E-state index contributed by atoms with van der Waals surface area (Å²) in [5, 5.41) is 11.6. The van der Waals surface area contributed by atoms with Crippen molar-refractivity contribution in [3.05, 3.63) is 0 Å². The zero-order valence-corrected chi connectivity index (χ0v) is 8.66. The summed E-state index contributed by atoms with van der Waals surface area (Å²) in [6.45, 7) is 2.20. The van der Waals surface area contributed by atoms with E-state index in [0.29, 0.717) is 13.2 Å². The smallest absolute Gasteiger partial charge is 0.329 e. The van der Waals surface area contributed by atoms with Gasteiger partial charge in [0.25, 0.3) is 0 Å². The van der Waals surface area contributed by atoms with Crippen LogP contribution in [0.4, 0.5) is 0 Å². The molecule has 1 fully saturated rings. The summed E-state index contributed by atoms with van der Waals surface area (Å²) in [6, 6.07) is -0.705. The monoisotopic (exact) mass is 216 g/mol. The number of nitrogens with one attached hydrogen (secondary N) is 1. The quantitative estimate of drug-likeness (QED) is 0.566. The molecule has 0 aliphatic carbocycles. The van der Waals surface area contributed by atoms with Crippen LogP contribution >= 0.6 is 0 Å². The van der Waals surface area contributed by atoms with E-state index in [1.165, 1.54) is 6.92 Å². The van der Waals surface area contributed by atoms with Crippen LogP contribution in [0.1, 0.15) is 19.8 Å². The van der Waals surface area contributed by atoms with E-state index in [0.717, 1.165) is 0 Å². The van der Waals surface area contributed by atoms with Crippen molar-refractivity contribution in [2.75, 3.05) is 13.2 Å². The average Bonchev–Trinajstić information content (AvgIpc) is 2.18. The molecule has 4 N–H and O–H groups in total.